The minimum Gasteiger partial charge on any atom is -0.463 e. The molecule has 0 N–H and O–H groups in total. The molecule has 0 atom stereocenters. The Morgan fingerprint density at radius 1 is 0.569 bits per heavy atom. The normalized spacial score (nSPS) is 10.9. The van der Waals surface area contributed by atoms with E-state index in [0.29, 0.717) is 49.4 Å². The Morgan fingerprint density at radius 2 is 1.14 bits per heavy atom. The maximum absolute atomic E-state index is 5.68. The van der Waals surface area contributed by atoms with Crippen LogP contribution in [0.3, 0.4) is 0 Å². The van der Waals surface area contributed by atoms with Crippen LogP contribution >= 0.6 is 22.7 Å². The summed E-state index contributed by atoms with van der Waals surface area (Å²) >= 11 is 3.78. The summed E-state index contributed by atoms with van der Waals surface area (Å²) in [5, 5.41) is 0. The zero-order valence-corrected chi connectivity index (χ0v) is 41.6. The molecule has 0 amide bonds. The summed E-state index contributed by atoms with van der Waals surface area (Å²) in [7, 11) is 3.40. The average Bonchev–Trinajstić information content (AvgIpc) is 4.11. The van der Waals surface area contributed by atoms with E-state index in [0.717, 1.165) is 30.1 Å². The molecule has 7 rings (SSSR count). The summed E-state index contributed by atoms with van der Waals surface area (Å²) in [6.07, 6.45) is 10.4. The van der Waals surface area contributed by atoms with Gasteiger partial charge in [-0.1, -0.05) is 153 Å². The fourth-order valence-corrected chi connectivity index (χ4v) is 8.27. The van der Waals surface area contributed by atoms with E-state index in [4.69, 9.17) is 18.6 Å². The van der Waals surface area contributed by atoms with Gasteiger partial charge in [0.05, 0.1) is 19.8 Å². The minimum absolute atomic E-state index is 0. The average molecular weight is 926 g/mol. The third-order valence-corrected chi connectivity index (χ3v) is 13.0. The number of aromatic nitrogens is 1. The van der Waals surface area contributed by atoms with Crippen molar-refractivity contribution in [2.45, 2.75) is 167 Å². The van der Waals surface area contributed by atoms with Crippen molar-refractivity contribution in [1.29, 1.82) is 0 Å². The van der Waals surface area contributed by atoms with Crippen LogP contribution in [0.4, 0.5) is 0 Å². The van der Waals surface area contributed by atoms with Crippen LogP contribution in [0.15, 0.2) is 114 Å². The van der Waals surface area contributed by atoms with Crippen molar-refractivity contribution >= 4 is 28.7 Å². The quantitative estimate of drug-likeness (QED) is 0.109. The van der Waals surface area contributed by atoms with Crippen LogP contribution in [0.25, 0.3) is 6.08 Å². The predicted molar refractivity (Wildman–Crippen MR) is 287 cm³/mol. The lowest BCUT2D eigenvalue weighted by Crippen LogP contribution is -1.95. The molecule has 0 bridgehead atoms. The zero-order valence-electron chi connectivity index (χ0n) is 40.0. The van der Waals surface area contributed by atoms with Crippen LogP contribution in [-0.4, -0.2) is 19.2 Å². The minimum atomic E-state index is 0. The van der Waals surface area contributed by atoms with Gasteiger partial charge in [-0.25, -0.2) is 0 Å². The summed E-state index contributed by atoms with van der Waals surface area (Å²) in [5.41, 5.74) is 8.18. The van der Waals surface area contributed by atoms with E-state index in [9.17, 15) is 0 Å². The standard InChI is InChI=1S/C16H19NO.C12H14.C9H14O2.C9H14OS.C9H14S.3CH4/c1-13(2)16-5-3-14(4-6-16)11-18-12-15-7-9-17-10-8-15;1-9(2)11-7-3-5-10-6-4-8-12(10)11;2*1-7(2)9-5-4-8(11-9)6-10-3;1-4-8-5-6-9(10-8)7(2)3;;;/h3-10,13H,11-12H2,1-2H3;3-5,7-9H,6H2,1-2H3;2*4-5,7H,6H2,1-3H3;5-7H,4H2,1-3H3;3*1H4. The van der Waals surface area contributed by atoms with E-state index >= 15 is 0 Å². The number of methoxy groups -OCH3 is 2. The zero-order chi connectivity index (χ0) is 45.4. The topological polar surface area (TPSA) is 53.7 Å². The van der Waals surface area contributed by atoms with Crippen LogP contribution in [0.5, 0.6) is 0 Å². The third kappa shape index (κ3) is 22.3. The number of hydrogen-bond acceptors (Lipinski definition) is 7. The molecule has 6 aromatic rings. The van der Waals surface area contributed by atoms with Gasteiger partial charge < -0.3 is 18.6 Å². The molecular formula is C58H87NO4S2. The monoisotopic (exact) mass is 926 g/mol. The van der Waals surface area contributed by atoms with Crippen LogP contribution in [-0.2, 0) is 53.5 Å². The number of hydrogen-bond donors (Lipinski definition) is 0. The van der Waals surface area contributed by atoms with E-state index in [-0.39, 0.29) is 22.3 Å². The van der Waals surface area contributed by atoms with Gasteiger partial charge in [0.2, 0.25) is 0 Å². The molecule has 65 heavy (non-hydrogen) atoms. The summed E-state index contributed by atoms with van der Waals surface area (Å²) in [4.78, 5) is 9.75. The maximum Gasteiger partial charge on any atom is 0.129 e. The van der Waals surface area contributed by atoms with Crippen LogP contribution in [0.2, 0.25) is 0 Å². The summed E-state index contributed by atoms with van der Waals surface area (Å²) < 4.78 is 21.1. The van der Waals surface area contributed by atoms with Gasteiger partial charge in [0.25, 0.3) is 0 Å². The Labute approximate surface area is 405 Å². The number of allylic oxidation sites excluding steroid dienone is 1. The molecule has 0 radical (unpaired) electrons. The first-order chi connectivity index (χ1) is 29.8. The number of rotatable bonds is 14. The first kappa shape index (κ1) is 60.9. The largest absolute Gasteiger partial charge is 0.463 e. The van der Waals surface area contributed by atoms with Crippen molar-refractivity contribution in [3.8, 4) is 0 Å². The lowest BCUT2D eigenvalue weighted by atomic mass is 9.95. The highest BCUT2D eigenvalue weighted by atomic mass is 32.1. The van der Waals surface area contributed by atoms with Crippen molar-refractivity contribution < 1.29 is 18.6 Å². The van der Waals surface area contributed by atoms with E-state index in [2.05, 4.69) is 160 Å². The van der Waals surface area contributed by atoms with Gasteiger partial charge in [0.15, 0.2) is 0 Å². The molecule has 2 aromatic carbocycles. The molecule has 0 fully saturated rings. The highest BCUT2D eigenvalue weighted by Crippen LogP contribution is 2.28. The highest BCUT2D eigenvalue weighted by Gasteiger charge is 2.11. The molecule has 360 valence electrons. The van der Waals surface area contributed by atoms with Crippen molar-refractivity contribution in [3.05, 3.63) is 174 Å². The SMILES string of the molecule is C.C.C.CC(C)c1ccc(COCc2ccncc2)cc1.CC(C)c1cccc2c1C=CC2.CCc1ccc(C(C)C)s1.COCc1ccc(C(C)C)o1.COCc1ccc(C(C)C)s1. The molecule has 0 saturated carbocycles. The van der Waals surface area contributed by atoms with E-state index in [1.807, 2.05) is 46.9 Å². The van der Waals surface area contributed by atoms with Crippen molar-refractivity contribution in [1.82, 2.24) is 4.98 Å². The molecule has 0 spiro atoms. The van der Waals surface area contributed by atoms with Gasteiger partial charge in [0, 0.05) is 52.0 Å². The molecule has 0 saturated heterocycles. The second-order valence-corrected chi connectivity index (χ2v) is 19.4. The molecule has 5 nitrogen and oxygen atoms in total. The number of furan rings is 1. The molecule has 4 aromatic heterocycles. The van der Waals surface area contributed by atoms with E-state index in [1.54, 1.807) is 26.6 Å². The lowest BCUT2D eigenvalue weighted by molar-refractivity contribution is 0.107. The highest BCUT2D eigenvalue weighted by molar-refractivity contribution is 7.12. The van der Waals surface area contributed by atoms with Crippen molar-refractivity contribution in [3.63, 3.8) is 0 Å². The van der Waals surface area contributed by atoms with Gasteiger partial charge in [0.1, 0.15) is 18.1 Å². The first-order valence-electron chi connectivity index (χ1n) is 22.3. The summed E-state index contributed by atoms with van der Waals surface area (Å²) in [5.74, 6) is 4.95. The number of nitrogens with zero attached hydrogens (tertiary/aromatic N) is 1. The summed E-state index contributed by atoms with van der Waals surface area (Å²) in [6.45, 7) is 26.8. The number of fused-ring (bicyclic) bond motifs is 1. The smallest absolute Gasteiger partial charge is 0.129 e. The predicted octanol–water partition coefficient (Wildman–Crippen LogP) is 18.2. The van der Waals surface area contributed by atoms with Gasteiger partial charge in [-0.15, -0.1) is 22.7 Å². The van der Waals surface area contributed by atoms with Crippen LogP contribution < -0.4 is 0 Å². The Balaban J connectivity index is 0.000000793. The van der Waals surface area contributed by atoms with Crippen LogP contribution in [0, 0.1) is 0 Å². The second-order valence-electron chi connectivity index (χ2n) is 17.0. The third-order valence-electron chi connectivity index (χ3n) is 10.1. The van der Waals surface area contributed by atoms with Crippen molar-refractivity contribution in [2.24, 2.45) is 0 Å². The van der Waals surface area contributed by atoms with Gasteiger partial charge in [-0.2, -0.15) is 0 Å². The Bertz CT molecular complexity index is 2050. The Hall–Kier alpha value is -4.11. The fraction of sp³-hybridized carbons (Fsp3) is 0.466. The number of thiophene rings is 2. The van der Waals surface area contributed by atoms with Gasteiger partial charge in [-0.3, -0.25) is 4.98 Å². The number of pyridine rings is 1. The Kier molecular flexibility index (Phi) is 31.3. The molecule has 4 heterocycles. The maximum atomic E-state index is 5.68. The lowest BCUT2D eigenvalue weighted by Gasteiger charge is -2.10. The number of aryl methyl sites for hydroxylation is 1. The van der Waals surface area contributed by atoms with Crippen molar-refractivity contribution in [2.75, 3.05) is 14.2 Å². The van der Waals surface area contributed by atoms with E-state index in [1.165, 1.54) is 53.7 Å². The summed E-state index contributed by atoms with van der Waals surface area (Å²) in [6, 6.07) is 32.0. The second kappa shape index (κ2) is 33.4. The first-order valence-corrected chi connectivity index (χ1v) is 24.0. The molecule has 7 heteroatoms. The molecular weight excluding hydrogens is 839 g/mol. The van der Waals surface area contributed by atoms with Gasteiger partial charge >= 0.3 is 0 Å². The van der Waals surface area contributed by atoms with Crippen LogP contribution in [0.1, 0.15) is 192 Å². The molecule has 0 unspecified atom stereocenters. The fourth-order valence-electron chi connectivity index (χ4n) is 6.33. The molecule has 1 aliphatic rings. The molecule has 0 aliphatic heterocycles. The van der Waals surface area contributed by atoms with Gasteiger partial charge in [-0.05, 0) is 118 Å². The number of benzene rings is 2. The molecule has 1 aliphatic carbocycles. The Morgan fingerprint density at radius 3 is 1.62 bits per heavy atom. The van der Waals surface area contributed by atoms with E-state index < -0.39 is 0 Å². The number of ether oxygens (including phenoxy) is 3.